The fourth-order valence-electron chi connectivity index (χ4n) is 9.25. The van der Waals surface area contributed by atoms with E-state index in [0.29, 0.717) is 11.1 Å². The molecule has 80 heavy (non-hydrogen) atoms. The summed E-state index contributed by atoms with van der Waals surface area (Å²) in [6, 6.07) is 21.3. The normalized spacial score (nSPS) is 11.3. The van der Waals surface area contributed by atoms with Crippen molar-refractivity contribution in [2.75, 3.05) is 55.9 Å². The Hall–Kier alpha value is -9.78. The van der Waals surface area contributed by atoms with Gasteiger partial charge in [-0.3, -0.25) is 0 Å². The number of methoxy groups -OCH3 is 6. The van der Waals surface area contributed by atoms with E-state index in [4.69, 9.17) is 46.3 Å². The number of phenols is 2. The number of hydrogen-bond acceptors (Lipinski definition) is 20. The number of rotatable bonds is 21. The molecule has 8 aromatic rings. The van der Waals surface area contributed by atoms with Gasteiger partial charge >= 0.3 is 31.6 Å². The summed E-state index contributed by atoms with van der Waals surface area (Å²) in [5.74, 6) is -3.00. The van der Waals surface area contributed by atoms with Crippen molar-refractivity contribution in [3.05, 3.63) is 129 Å². The summed E-state index contributed by atoms with van der Waals surface area (Å²) in [6.07, 6.45) is -0.490. The topological polar surface area (TPSA) is 303 Å². The molecule has 8 rings (SSSR count). The summed E-state index contributed by atoms with van der Waals surface area (Å²) in [7, 11) is -1.69. The van der Waals surface area contributed by atoms with Crippen LogP contribution in [0, 0.1) is 10.8 Å². The van der Waals surface area contributed by atoms with Crippen LogP contribution >= 0.6 is 0 Å². The van der Waals surface area contributed by atoms with Crippen molar-refractivity contribution >= 4 is 53.2 Å². The molecule has 0 aromatic heterocycles. The highest BCUT2D eigenvalue weighted by Gasteiger charge is 2.32. The fourth-order valence-corrected chi connectivity index (χ4v) is 11.6. The van der Waals surface area contributed by atoms with Crippen molar-refractivity contribution in [3.63, 3.8) is 0 Å². The van der Waals surface area contributed by atoms with E-state index in [9.17, 15) is 48.0 Å². The van der Waals surface area contributed by atoms with E-state index in [1.54, 1.807) is 13.8 Å². The molecule has 0 fully saturated rings. The number of phenolic OH excluding ortho intramolecular Hbond substituents is 2. The van der Waals surface area contributed by atoms with Gasteiger partial charge in [0, 0.05) is 70.1 Å². The Morgan fingerprint density at radius 3 is 1.16 bits per heavy atom. The second-order valence-electron chi connectivity index (χ2n) is 17.2. The minimum Gasteiger partial charge on any atom is -0.867 e. The summed E-state index contributed by atoms with van der Waals surface area (Å²) in [5, 5.41) is 68.9. The average molecular weight is 1130 g/mol. The second-order valence-corrected chi connectivity index (χ2v) is 20.3. The molecule has 0 unspecified atom stereocenters. The van der Waals surface area contributed by atoms with Crippen molar-refractivity contribution in [2.24, 2.45) is 0 Å². The predicted octanol–water partition coefficient (Wildman–Crippen LogP) is 9.75. The highest BCUT2D eigenvalue weighted by Crippen LogP contribution is 2.52. The van der Waals surface area contributed by atoms with Gasteiger partial charge in [0.2, 0.25) is 22.3 Å². The molecule has 0 bridgehead atoms. The van der Waals surface area contributed by atoms with Gasteiger partial charge < -0.3 is 66.7 Å². The van der Waals surface area contributed by atoms with Crippen molar-refractivity contribution in [1.82, 2.24) is 0 Å². The van der Waals surface area contributed by atoms with Gasteiger partial charge in [-0.25, -0.2) is 0 Å². The van der Waals surface area contributed by atoms with Crippen LogP contribution < -0.4 is 56.5 Å². The largest absolute Gasteiger partial charge is 0.867 e. The number of diazo groups is 2. The summed E-state index contributed by atoms with van der Waals surface area (Å²) >= 11 is 0. The van der Waals surface area contributed by atoms with Gasteiger partial charge in [-0.1, -0.05) is 24.3 Å². The van der Waals surface area contributed by atoms with E-state index in [1.807, 2.05) is 0 Å². The van der Waals surface area contributed by atoms with E-state index in [1.165, 1.54) is 128 Å². The Morgan fingerprint density at radius 1 is 0.463 bits per heavy atom. The minimum atomic E-state index is -4.82. The lowest BCUT2D eigenvalue weighted by Gasteiger charge is -2.22. The second kappa shape index (κ2) is 23.1. The first-order valence-electron chi connectivity index (χ1n) is 24.0. The van der Waals surface area contributed by atoms with Crippen molar-refractivity contribution < 1.29 is 83.5 Å². The van der Waals surface area contributed by atoms with E-state index < -0.39 is 53.0 Å². The zero-order chi connectivity index (χ0) is 57.8. The minimum absolute atomic E-state index is 0.0107. The van der Waals surface area contributed by atoms with E-state index in [2.05, 4.69) is 9.95 Å². The van der Waals surface area contributed by atoms with Crippen LogP contribution in [0.2, 0.25) is 0 Å². The predicted molar refractivity (Wildman–Crippen MR) is 287 cm³/mol. The third kappa shape index (κ3) is 10.4. The van der Waals surface area contributed by atoms with Gasteiger partial charge in [0.05, 0.1) is 55.9 Å². The molecule has 22 nitrogen and oxygen atoms in total. The molecule has 0 aliphatic heterocycles. The van der Waals surface area contributed by atoms with Gasteiger partial charge in [0.1, 0.15) is 9.79 Å². The highest BCUT2D eigenvalue weighted by atomic mass is 32.2. The van der Waals surface area contributed by atoms with Gasteiger partial charge in [-0.05, 0) is 95.8 Å². The lowest BCUT2D eigenvalue weighted by atomic mass is 9.93. The van der Waals surface area contributed by atoms with Gasteiger partial charge in [0.25, 0.3) is 0 Å². The Morgan fingerprint density at radius 2 is 0.838 bits per heavy atom. The number of ether oxygens (including phenoxy) is 8. The van der Waals surface area contributed by atoms with E-state index in [0.717, 1.165) is 12.1 Å². The standard InChI is InChI=1S/C56H50N4O18S2/c1-9-75-43-25-29(23-37-41(27-45(69-3)55(73-7)53(37)71-5)77-79(65,66)47-15-11-13-33-31(47)17-19-39(59-57)49(33)61)21-35(51(43)63)36-22-30(26-44(52(36)64)76-10-2)24-38-42(28-46(70-4)56(74-8)54(38)72-6)78-80(67,68)48-16-12-14-34-32(48)18-20-40(60-58)50(34)62/h11-22,25-28,61-62H,9-10,23-24H2,1-8H3. The van der Waals surface area contributed by atoms with Crippen LogP contribution in [0.5, 0.6) is 80.5 Å². The number of benzene rings is 8. The summed E-state index contributed by atoms with van der Waals surface area (Å²) in [4.78, 5) is 5.20. The zero-order valence-corrected chi connectivity index (χ0v) is 45.7. The molecule has 0 radical (unpaired) electrons. The molecule has 414 valence electrons. The summed E-state index contributed by atoms with van der Waals surface area (Å²) in [6.45, 7) is 3.44. The number of hydrogen-bond donors (Lipinski definition) is 2. The summed E-state index contributed by atoms with van der Waals surface area (Å²) in [5.41, 5.74) is 0.133. The van der Waals surface area contributed by atoms with Crippen molar-refractivity contribution in [2.45, 2.75) is 36.5 Å². The first kappa shape index (κ1) is 56.4. The van der Waals surface area contributed by atoms with Crippen LogP contribution in [-0.2, 0) is 33.1 Å². The molecule has 0 spiro atoms. The Balaban J connectivity index is 1.28. The molecule has 0 aliphatic carbocycles. The van der Waals surface area contributed by atoms with Crippen LogP contribution in [0.4, 0.5) is 11.4 Å². The molecule has 0 heterocycles. The maximum absolute atomic E-state index is 14.4. The molecular formula is C56H50N4O18S2. The average Bonchev–Trinajstić information content (AvgIpc) is 3.47. The molecule has 0 saturated carbocycles. The molecular weight excluding hydrogens is 1080 g/mol. The third-order valence-electron chi connectivity index (χ3n) is 12.8. The van der Waals surface area contributed by atoms with Crippen LogP contribution in [0.3, 0.4) is 0 Å². The molecule has 24 heteroatoms. The van der Waals surface area contributed by atoms with Gasteiger partial charge in [-0.2, -0.15) is 16.8 Å². The maximum Gasteiger partial charge on any atom is 0.378 e. The van der Waals surface area contributed by atoms with Crippen LogP contribution in [-0.4, -0.2) is 82.9 Å². The lowest BCUT2D eigenvalue weighted by Crippen LogP contribution is -2.13. The number of nitrogens with zero attached hydrogens (tertiary/aromatic N) is 4. The monoisotopic (exact) mass is 1130 g/mol. The maximum atomic E-state index is 14.4. The van der Waals surface area contributed by atoms with Gasteiger partial charge in [-0.15, -0.1) is 0 Å². The van der Waals surface area contributed by atoms with Crippen LogP contribution in [0.1, 0.15) is 36.1 Å². The third-order valence-corrected chi connectivity index (χ3v) is 15.3. The zero-order valence-electron chi connectivity index (χ0n) is 44.1. The summed E-state index contributed by atoms with van der Waals surface area (Å²) < 4.78 is 116. The Kier molecular flexibility index (Phi) is 16.3. The van der Waals surface area contributed by atoms with Crippen molar-refractivity contribution in [3.8, 4) is 91.6 Å². The lowest BCUT2D eigenvalue weighted by molar-refractivity contribution is -0.265. The molecule has 8 aromatic carbocycles. The van der Waals surface area contributed by atoms with Crippen molar-refractivity contribution in [1.29, 1.82) is 10.8 Å². The fraction of sp³-hybridized carbons (Fsp3) is 0.214. The number of aromatic hydroxyl groups is 2. The molecule has 0 atom stereocenters. The highest BCUT2D eigenvalue weighted by molar-refractivity contribution is 7.87. The molecule has 0 amide bonds. The van der Waals surface area contributed by atoms with E-state index in [-0.39, 0.29) is 139 Å². The Bertz CT molecular complexity index is 3820. The Labute approximate surface area is 458 Å². The molecule has 0 saturated heterocycles. The smallest absolute Gasteiger partial charge is 0.378 e. The van der Waals surface area contributed by atoms with E-state index >= 15 is 0 Å². The van der Waals surface area contributed by atoms with Crippen LogP contribution in [0.25, 0.3) is 42.6 Å². The quantitative estimate of drug-likeness (QED) is 0.0499. The SMILES string of the molecule is CCOc1cc(Cc2c(OS(=O)(=O)c3cccc4c([O-])c([N+]#N)ccc34)cc(OC)c(OC)c2OC)cc(-c2cc(Cc3c(OS(=O)(=O)c4cccc5c([O-])c([N+]#N)ccc45)cc(OC)c(OC)c3OC)cc(OCC)c2O)c1O. The first-order valence-corrected chi connectivity index (χ1v) is 26.8. The van der Waals surface area contributed by atoms with Crippen LogP contribution in [0.15, 0.2) is 107 Å². The first-order chi connectivity index (χ1) is 38.4. The molecule has 2 N–H and O–H groups in total. The molecule has 0 aliphatic rings. The number of fused-ring (bicyclic) bond motifs is 2. The van der Waals surface area contributed by atoms with Gasteiger partial charge in [0.15, 0.2) is 67.4 Å².